The van der Waals surface area contributed by atoms with E-state index in [4.69, 9.17) is 0 Å². The third kappa shape index (κ3) is 6.18. The van der Waals surface area contributed by atoms with E-state index in [1.54, 1.807) is 18.2 Å². The van der Waals surface area contributed by atoms with Crippen LogP contribution in [0, 0.1) is 24.0 Å². The fraction of sp³-hybridized carbons (Fsp3) is 0.474. The van der Waals surface area contributed by atoms with Crippen molar-refractivity contribution < 1.29 is 4.92 Å². The predicted octanol–water partition coefficient (Wildman–Crippen LogP) is 3.25. The Morgan fingerprint density at radius 1 is 1.36 bits per heavy atom. The van der Waals surface area contributed by atoms with Gasteiger partial charge in [-0.1, -0.05) is 18.2 Å². The summed E-state index contributed by atoms with van der Waals surface area (Å²) >= 11 is 0. The van der Waals surface area contributed by atoms with Gasteiger partial charge in [0.25, 0.3) is 5.69 Å². The second-order valence-corrected chi connectivity index (χ2v) is 6.60. The van der Waals surface area contributed by atoms with E-state index in [0.29, 0.717) is 18.1 Å². The Hall–Kier alpha value is -2.17. The Labute approximate surface area is 183 Å². The second-order valence-electron chi connectivity index (χ2n) is 6.60. The van der Waals surface area contributed by atoms with Crippen molar-refractivity contribution in [2.75, 3.05) is 6.54 Å². The number of rotatable bonds is 7. The Morgan fingerprint density at radius 2 is 2.04 bits per heavy atom. The fourth-order valence-corrected chi connectivity index (χ4v) is 3.01. The smallest absolute Gasteiger partial charge is 0.274 e. The zero-order valence-corrected chi connectivity index (χ0v) is 19.4. The number of aromatic nitrogens is 2. The first-order valence-corrected chi connectivity index (χ1v) is 9.09. The molecule has 0 aliphatic rings. The summed E-state index contributed by atoms with van der Waals surface area (Å²) in [6.45, 7) is 9.11. The van der Waals surface area contributed by atoms with Crippen LogP contribution in [0.1, 0.15) is 36.4 Å². The third-order valence-electron chi connectivity index (χ3n) is 4.49. The van der Waals surface area contributed by atoms with E-state index in [1.807, 2.05) is 25.6 Å². The highest BCUT2D eigenvalue weighted by Gasteiger charge is 2.15. The van der Waals surface area contributed by atoms with Crippen molar-refractivity contribution >= 4 is 35.6 Å². The van der Waals surface area contributed by atoms with Crippen molar-refractivity contribution in [3.8, 4) is 0 Å². The zero-order chi connectivity index (χ0) is 20.0. The molecule has 9 heteroatoms. The number of nitrogens with zero attached hydrogens (tertiary/aromatic N) is 4. The van der Waals surface area contributed by atoms with Gasteiger partial charge in [0.05, 0.1) is 22.7 Å². The van der Waals surface area contributed by atoms with Crippen molar-refractivity contribution in [3.05, 3.63) is 56.9 Å². The maximum Gasteiger partial charge on any atom is 0.274 e. The molecule has 1 heterocycles. The van der Waals surface area contributed by atoms with E-state index in [1.165, 1.54) is 11.6 Å². The molecule has 0 saturated heterocycles. The SMILES string of the molecule is CCNC(=NCc1ccccc1[N+](=O)[O-])NC(C)Cc1c(C)nn(C)c1C.I. The quantitative estimate of drug-likeness (QED) is 0.200. The summed E-state index contributed by atoms with van der Waals surface area (Å²) in [5.41, 5.74) is 4.10. The van der Waals surface area contributed by atoms with Crippen molar-refractivity contribution in [2.45, 2.75) is 46.7 Å². The molecule has 8 nitrogen and oxygen atoms in total. The van der Waals surface area contributed by atoms with Gasteiger partial charge in [0.2, 0.25) is 0 Å². The van der Waals surface area contributed by atoms with E-state index >= 15 is 0 Å². The van der Waals surface area contributed by atoms with Crippen LogP contribution in [0.4, 0.5) is 5.69 Å². The number of benzene rings is 1. The van der Waals surface area contributed by atoms with Crippen LogP contribution in [-0.2, 0) is 20.0 Å². The van der Waals surface area contributed by atoms with E-state index in [2.05, 4.69) is 34.6 Å². The van der Waals surface area contributed by atoms with Gasteiger partial charge in [-0.2, -0.15) is 5.10 Å². The van der Waals surface area contributed by atoms with Crippen LogP contribution in [-0.4, -0.2) is 33.2 Å². The third-order valence-corrected chi connectivity index (χ3v) is 4.49. The van der Waals surface area contributed by atoms with Gasteiger partial charge in [-0.05, 0) is 39.7 Å². The number of hydrogen-bond acceptors (Lipinski definition) is 4. The minimum Gasteiger partial charge on any atom is -0.357 e. The number of nitro benzene ring substituents is 1. The summed E-state index contributed by atoms with van der Waals surface area (Å²) in [6, 6.07) is 6.82. The topological polar surface area (TPSA) is 97.4 Å². The number of para-hydroxylation sites is 1. The molecule has 0 bridgehead atoms. The van der Waals surface area contributed by atoms with Crippen LogP contribution >= 0.6 is 24.0 Å². The molecule has 2 aromatic rings. The Kier molecular flexibility index (Phi) is 9.36. The molecule has 1 aromatic heterocycles. The molecule has 2 N–H and O–H groups in total. The fourth-order valence-electron chi connectivity index (χ4n) is 3.01. The molecule has 0 saturated carbocycles. The van der Waals surface area contributed by atoms with Gasteiger partial charge in [-0.3, -0.25) is 14.8 Å². The summed E-state index contributed by atoms with van der Waals surface area (Å²) in [7, 11) is 1.95. The first kappa shape index (κ1) is 23.9. The minimum atomic E-state index is -0.373. The average Bonchev–Trinajstić information content (AvgIpc) is 2.86. The lowest BCUT2D eigenvalue weighted by atomic mass is 10.1. The molecule has 154 valence electrons. The Bertz CT molecular complexity index is 834. The van der Waals surface area contributed by atoms with Crippen LogP contribution in [0.3, 0.4) is 0 Å². The summed E-state index contributed by atoms with van der Waals surface area (Å²) < 4.78 is 1.89. The monoisotopic (exact) mass is 500 g/mol. The molecule has 1 unspecified atom stereocenters. The zero-order valence-electron chi connectivity index (χ0n) is 17.0. The molecule has 1 atom stereocenters. The number of nitrogens with one attached hydrogen (secondary N) is 2. The summed E-state index contributed by atoms with van der Waals surface area (Å²) in [5, 5.41) is 22.2. The van der Waals surface area contributed by atoms with Gasteiger partial charge in [-0.15, -0.1) is 24.0 Å². The van der Waals surface area contributed by atoms with E-state index in [0.717, 1.165) is 17.8 Å². The van der Waals surface area contributed by atoms with Crippen molar-refractivity contribution in [2.24, 2.45) is 12.0 Å². The van der Waals surface area contributed by atoms with Crippen LogP contribution < -0.4 is 10.6 Å². The maximum absolute atomic E-state index is 11.2. The highest BCUT2D eigenvalue weighted by atomic mass is 127. The summed E-state index contributed by atoms with van der Waals surface area (Å²) in [5.74, 6) is 0.641. The van der Waals surface area contributed by atoms with Gasteiger partial charge in [0, 0.05) is 31.4 Å². The van der Waals surface area contributed by atoms with Crippen LogP contribution in [0.15, 0.2) is 29.3 Å². The number of guanidine groups is 1. The van der Waals surface area contributed by atoms with Gasteiger partial charge < -0.3 is 10.6 Å². The van der Waals surface area contributed by atoms with Crippen LogP contribution in [0.2, 0.25) is 0 Å². The molecular weight excluding hydrogens is 471 g/mol. The standard InChI is InChI=1S/C19H28N6O2.HI/c1-6-20-19(21-12-16-9-7-8-10-18(16)25(26)27)22-13(2)11-17-14(3)23-24(5)15(17)4;/h7-10,13H,6,11-12H2,1-5H3,(H2,20,21,22);1H. The van der Waals surface area contributed by atoms with Gasteiger partial charge in [0.1, 0.15) is 0 Å². The molecule has 0 aliphatic heterocycles. The van der Waals surface area contributed by atoms with Crippen molar-refractivity contribution in [1.82, 2.24) is 20.4 Å². The molecule has 2 rings (SSSR count). The molecule has 0 radical (unpaired) electrons. The van der Waals surface area contributed by atoms with Gasteiger partial charge >= 0.3 is 0 Å². The number of nitro groups is 1. The molecule has 0 aliphatic carbocycles. The highest BCUT2D eigenvalue weighted by molar-refractivity contribution is 14.0. The number of hydrogen-bond donors (Lipinski definition) is 2. The molecule has 28 heavy (non-hydrogen) atoms. The van der Waals surface area contributed by atoms with E-state index < -0.39 is 0 Å². The Morgan fingerprint density at radius 3 is 2.61 bits per heavy atom. The van der Waals surface area contributed by atoms with E-state index in [9.17, 15) is 10.1 Å². The lowest BCUT2D eigenvalue weighted by molar-refractivity contribution is -0.385. The Balaban J connectivity index is 0.00000392. The molecule has 1 aromatic carbocycles. The molecular formula is C19H29IN6O2. The maximum atomic E-state index is 11.2. The molecule has 0 spiro atoms. The first-order chi connectivity index (χ1) is 12.8. The number of aryl methyl sites for hydroxylation is 2. The van der Waals surface area contributed by atoms with Crippen molar-refractivity contribution in [3.63, 3.8) is 0 Å². The average molecular weight is 500 g/mol. The van der Waals surface area contributed by atoms with Crippen LogP contribution in [0.5, 0.6) is 0 Å². The minimum absolute atomic E-state index is 0. The summed E-state index contributed by atoms with van der Waals surface area (Å²) in [6.07, 6.45) is 0.821. The summed E-state index contributed by atoms with van der Waals surface area (Å²) in [4.78, 5) is 15.3. The molecule has 0 fully saturated rings. The van der Waals surface area contributed by atoms with Gasteiger partial charge in [-0.25, -0.2) is 4.99 Å². The van der Waals surface area contributed by atoms with E-state index in [-0.39, 0.29) is 47.2 Å². The van der Waals surface area contributed by atoms with Crippen molar-refractivity contribution in [1.29, 1.82) is 0 Å². The lowest BCUT2D eigenvalue weighted by Gasteiger charge is -2.18. The van der Waals surface area contributed by atoms with Crippen LogP contribution in [0.25, 0.3) is 0 Å². The first-order valence-electron chi connectivity index (χ1n) is 9.09. The predicted molar refractivity (Wildman–Crippen MR) is 122 cm³/mol. The normalized spacial score (nSPS) is 12.2. The molecule has 0 amide bonds. The largest absolute Gasteiger partial charge is 0.357 e. The number of aliphatic imine (C=N–C) groups is 1. The number of halogens is 1. The second kappa shape index (κ2) is 11.0. The highest BCUT2D eigenvalue weighted by Crippen LogP contribution is 2.18. The van der Waals surface area contributed by atoms with Gasteiger partial charge in [0.15, 0.2) is 5.96 Å². The lowest BCUT2D eigenvalue weighted by Crippen LogP contribution is -2.43.